The minimum Gasteiger partial charge on any atom is -0.496 e. The Kier molecular flexibility index (Phi) is 5.36. The van der Waals surface area contributed by atoms with Crippen molar-refractivity contribution in [3.63, 3.8) is 0 Å². The van der Waals surface area contributed by atoms with Crippen molar-refractivity contribution in [2.45, 2.75) is 27.3 Å². The Morgan fingerprint density at radius 3 is 2.53 bits per heavy atom. The highest BCUT2D eigenvalue weighted by atomic mass is 16.5. The van der Waals surface area contributed by atoms with Gasteiger partial charge in [0.25, 0.3) is 0 Å². The Balaban J connectivity index is 2.77. The lowest BCUT2D eigenvalue weighted by Crippen LogP contribution is -2.32. The molecule has 0 atom stereocenters. The van der Waals surface area contributed by atoms with E-state index in [9.17, 15) is 9.59 Å². The van der Waals surface area contributed by atoms with E-state index in [-0.39, 0.29) is 13.2 Å². The van der Waals surface area contributed by atoms with Crippen LogP contribution < -0.4 is 10.1 Å². The van der Waals surface area contributed by atoms with Crippen LogP contribution in [0.1, 0.15) is 23.6 Å². The Labute approximate surface area is 112 Å². The molecule has 1 aromatic rings. The molecule has 1 amide bonds. The number of nitrogens with one attached hydrogen (secondary N) is 1. The molecule has 0 fully saturated rings. The molecule has 0 aliphatic heterocycles. The highest BCUT2D eigenvalue weighted by Crippen LogP contribution is 2.24. The number of rotatable bonds is 4. The molecule has 1 aromatic carbocycles. The maximum atomic E-state index is 11.4. The number of ether oxygens (including phenoxy) is 2. The van der Waals surface area contributed by atoms with Crippen molar-refractivity contribution in [2.75, 3.05) is 13.7 Å². The first kappa shape index (κ1) is 15.0. The summed E-state index contributed by atoms with van der Waals surface area (Å²) < 4.78 is 9.92. The molecular formula is C14H19NO4. The average Bonchev–Trinajstić information content (AvgIpc) is 2.35. The van der Waals surface area contributed by atoms with Gasteiger partial charge < -0.3 is 14.8 Å². The fourth-order valence-corrected chi connectivity index (χ4v) is 1.91. The third-order valence-corrected chi connectivity index (χ3v) is 2.60. The monoisotopic (exact) mass is 265 g/mol. The quantitative estimate of drug-likeness (QED) is 0.661. The van der Waals surface area contributed by atoms with E-state index in [1.165, 1.54) is 0 Å². The molecule has 0 heterocycles. The van der Waals surface area contributed by atoms with Crippen molar-refractivity contribution < 1.29 is 19.1 Å². The van der Waals surface area contributed by atoms with Crippen molar-refractivity contribution in [2.24, 2.45) is 0 Å². The molecule has 0 unspecified atom stereocenters. The molecular weight excluding hydrogens is 246 g/mol. The van der Waals surface area contributed by atoms with E-state index in [0.717, 1.165) is 22.4 Å². The molecule has 19 heavy (non-hydrogen) atoms. The van der Waals surface area contributed by atoms with E-state index in [1.54, 1.807) is 14.0 Å². The molecule has 0 saturated carbocycles. The molecule has 0 bridgehead atoms. The first-order valence-electron chi connectivity index (χ1n) is 6.08. The molecule has 0 spiro atoms. The molecule has 0 aliphatic carbocycles. The van der Waals surface area contributed by atoms with Crippen LogP contribution in [0.3, 0.4) is 0 Å². The number of hydrogen-bond acceptors (Lipinski definition) is 4. The maximum Gasteiger partial charge on any atom is 0.396 e. The normalized spacial score (nSPS) is 9.89. The summed E-state index contributed by atoms with van der Waals surface area (Å²) in [7, 11) is 1.58. The van der Waals surface area contributed by atoms with Gasteiger partial charge in [-0.05, 0) is 26.3 Å². The first-order chi connectivity index (χ1) is 8.99. The van der Waals surface area contributed by atoms with Gasteiger partial charge in [0.05, 0.1) is 13.7 Å². The van der Waals surface area contributed by atoms with Gasteiger partial charge in [0.1, 0.15) is 5.75 Å². The maximum absolute atomic E-state index is 11.4. The third-order valence-electron chi connectivity index (χ3n) is 2.60. The van der Waals surface area contributed by atoms with E-state index < -0.39 is 11.9 Å². The Morgan fingerprint density at radius 2 is 1.95 bits per heavy atom. The number of aryl methyl sites for hydroxylation is 2. The molecule has 0 aromatic heterocycles. The van der Waals surface area contributed by atoms with Crippen LogP contribution in [0.25, 0.3) is 0 Å². The van der Waals surface area contributed by atoms with E-state index in [2.05, 4.69) is 10.1 Å². The van der Waals surface area contributed by atoms with Crippen LogP contribution >= 0.6 is 0 Å². The van der Waals surface area contributed by atoms with Gasteiger partial charge in [-0.2, -0.15) is 0 Å². The van der Waals surface area contributed by atoms with Gasteiger partial charge in [0.15, 0.2) is 0 Å². The standard InChI is InChI=1S/C14H19NO4/c1-5-19-14(17)13(16)15-8-11-7-9(2)6-10(3)12(11)18-4/h6-7H,5,8H2,1-4H3,(H,15,16). The number of carbonyl (C=O) groups is 2. The predicted molar refractivity (Wildman–Crippen MR) is 70.9 cm³/mol. The summed E-state index contributed by atoms with van der Waals surface area (Å²) >= 11 is 0. The van der Waals surface area contributed by atoms with Crippen LogP contribution in [-0.4, -0.2) is 25.6 Å². The summed E-state index contributed by atoms with van der Waals surface area (Å²) in [4.78, 5) is 22.6. The predicted octanol–water partition coefficient (Wildman–Crippen LogP) is 1.49. The molecule has 1 rings (SSSR count). The third kappa shape index (κ3) is 3.98. The highest BCUT2D eigenvalue weighted by Gasteiger charge is 2.15. The van der Waals surface area contributed by atoms with Gasteiger partial charge in [-0.25, -0.2) is 4.79 Å². The number of hydrogen-bond donors (Lipinski definition) is 1. The smallest absolute Gasteiger partial charge is 0.396 e. The molecule has 5 nitrogen and oxygen atoms in total. The van der Waals surface area contributed by atoms with Crippen LogP contribution in [0.4, 0.5) is 0 Å². The summed E-state index contributed by atoms with van der Waals surface area (Å²) in [6, 6.07) is 3.91. The summed E-state index contributed by atoms with van der Waals surface area (Å²) in [5.74, 6) is -0.899. The fourth-order valence-electron chi connectivity index (χ4n) is 1.91. The van der Waals surface area contributed by atoms with E-state index in [1.807, 2.05) is 26.0 Å². The Morgan fingerprint density at radius 1 is 1.26 bits per heavy atom. The number of carbonyl (C=O) groups excluding carboxylic acids is 2. The van der Waals surface area contributed by atoms with E-state index in [0.29, 0.717) is 0 Å². The van der Waals surface area contributed by atoms with Gasteiger partial charge in [0.2, 0.25) is 0 Å². The van der Waals surface area contributed by atoms with Crippen LogP contribution in [0.15, 0.2) is 12.1 Å². The van der Waals surface area contributed by atoms with Crippen LogP contribution in [0.5, 0.6) is 5.75 Å². The number of benzene rings is 1. The van der Waals surface area contributed by atoms with Crippen LogP contribution in [-0.2, 0) is 20.9 Å². The summed E-state index contributed by atoms with van der Waals surface area (Å²) in [5, 5.41) is 2.52. The Hall–Kier alpha value is -2.04. The summed E-state index contributed by atoms with van der Waals surface area (Å²) in [6.45, 7) is 5.95. The Bertz CT molecular complexity index is 483. The average molecular weight is 265 g/mol. The zero-order valence-corrected chi connectivity index (χ0v) is 11.7. The second-order valence-electron chi connectivity index (χ2n) is 4.18. The minimum absolute atomic E-state index is 0.180. The van der Waals surface area contributed by atoms with Gasteiger partial charge in [0, 0.05) is 12.1 Å². The van der Waals surface area contributed by atoms with Crippen molar-refractivity contribution >= 4 is 11.9 Å². The second-order valence-corrected chi connectivity index (χ2v) is 4.18. The molecule has 1 N–H and O–H groups in total. The SMILES string of the molecule is CCOC(=O)C(=O)NCc1cc(C)cc(C)c1OC. The lowest BCUT2D eigenvalue weighted by Gasteiger charge is -2.13. The van der Waals surface area contributed by atoms with Crippen molar-refractivity contribution in [3.8, 4) is 5.75 Å². The molecule has 0 saturated heterocycles. The topological polar surface area (TPSA) is 64.6 Å². The van der Waals surface area contributed by atoms with Gasteiger partial charge in [-0.15, -0.1) is 0 Å². The van der Waals surface area contributed by atoms with Crippen molar-refractivity contribution in [1.29, 1.82) is 0 Å². The summed E-state index contributed by atoms with van der Waals surface area (Å²) in [6.07, 6.45) is 0. The molecule has 104 valence electrons. The number of methoxy groups -OCH3 is 1. The van der Waals surface area contributed by atoms with Crippen molar-refractivity contribution in [1.82, 2.24) is 5.32 Å². The van der Waals surface area contributed by atoms with Crippen LogP contribution in [0.2, 0.25) is 0 Å². The lowest BCUT2D eigenvalue weighted by atomic mass is 10.1. The van der Waals surface area contributed by atoms with Crippen molar-refractivity contribution in [3.05, 3.63) is 28.8 Å². The second kappa shape index (κ2) is 6.78. The zero-order valence-electron chi connectivity index (χ0n) is 11.7. The van der Waals surface area contributed by atoms with Gasteiger partial charge in [-0.3, -0.25) is 4.79 Å². The number of amides is 1. The largest absolute Gasteiger partial charge is 0.496 e. The van der Waals surface area contributed by atoms with Gasteiger partial charge >= 0.3 is 11.9 Å². The lowest BCUT2D eigenvalue weighted by molar-refractivity contribution is -0.154. The van der Waals surface area contributed by atoms with E-state index in [4.69, 9.17) is 4.74 Å². The molecule has 5 heteroatoms. The van der Waals surface area contributed by atoms with E-state index >= 15 is 0 Å². The fraction of sp³-hybridized carbons (Fsp3) is 0.429. The minimum atomic E-state index is -0.870. The zero-order chi connectivity index (χ0) is 14.4. The first-order valence-corrected chi connectivity index (χ1v) is 6.08. The number of esters is 1. The summed E-state index contributed by atoms with van der Waals surface area (Å²) in [5.41, 5.74) is 2.89. The molecule has 0 radical (unpaired) electrons. The van der Waals surface area contributed by atoms with Crippen LogP contribution in [0, 0.1) is 13.8 Å². The molecule has 0 aliphatic rings. The highest BCUT2D eigenvalue weighted by molar-refractivity contribution is 6.32. The van der Waals surface area contributed by atoms with Gasteiger partial charge in [-0.1, -0.05) is 17.7 Å².